The summed E-state index contributed by atoms with van der Waals surface area (Å²) in [5.74, 6) is 0. The number of carbonyl (C=O) groups is 1. The minimum Gasteiger partial charge on any atom is -0.465 e. The van der Waals surface area contributed by atoms with Gasteiger partial charge in [0.05, 0.1) is 0 Å². The van der Waals surface area contributed by atoms with Crippen molar-refractivity contribution in [2.24, 2.45) is 0 Å². The Kier molecular flexibility index (Phi) is 4.04. The lowest BCUT2D eigenvalue weighted by atomic mass is 9.94. The van der Waals surface area contributed by atoms with Crippen LogP contribution in [0.1, 0.15) is 44.9 Å². The highest BCUT2D eigenvalue weighted by molar-refractivity contribution is 5.65. The first-order chi connectivity index (χ1) is 7.75. The van der Waals surface area contributed by atoms with Crippen LogP contribution in [-0.4, -0.2) is 41.3 Å². The molecular formula is C12H22N2O2. The molecule has 2 aliphatic rings. The van der Waals surface area contributed by atoms with Crippen LogP contribution in [0, 0.1) is 0 Å². The van der Waals surface area contributed by atoms with Crippen molar-refractivity contribution < 1.29 is 9.90 Å². The molecule has 4 nitrogen and oxygen atoms in total. The van der Waals surface area contributed by atoms with Crippen molar-refractivity contribution in [1.82, 2.24) is 10.2 Å². The van der Waals surface area contributed by atoms with Gasteiger partial charge in [-0.1, -0.05) is 19.3 Å². The maximum atomic E-state index is 10.9. The zero-order valence-electron chi connectivity index (χ0n) is 9.82. The van der Waals surface area contributed by atoms with Crippen LogP contribution in [0.4, 0.5) is 4.79 Å². The summed E-state index contributed by atoms with van der Waals surface area (Å²) < 4.78 is 0. The van der Waals surface area contributed by atoms with E-state index in [1.54, 1.807) is 4.90 Å². The Morgan fingerprint density at radius 2 is 1.75 bits per heavy atom. The fourth-order valence-corrected chi connectivity index (χ4v) is 2.89. The van der Waals surface area contributed by atoms with Crippen LogP contribution in [0.2, 0.25) is 0 Å². The molecule has 0 unspecified atom stereocenters. The molecule has 1 aliphatic heterocycles. The average Bonchev–Trinajstić information content (AvgIpc) is 2.30. The summed E-state index contributed by atoms with van der Waals surface area (Å²) in [4.78, 5) is 12.4. The lowest BCUT2D eigenvalue weighted by Gasteiger charge is -2.35. The van der Waals surface area contributed by atoms with E-state index in [0.29, 0.717) is 25.2 Å². The highest BCUT2D eigenvalue weighted by Crippen LogP contribution is 2.19. The number of carboxylic acid groups (broad SMARTS) is 1. The quantitative estimate of drug-likeness (QED) is 0.757. The van der Waals surface area contributed by atoms with Gasteiger partial charge in [0.2, 0.25) is 0 Å². The second-order valence-corrected chi connectivity index (χ2v) is 5.07. The Bertz CT molecular complexity index is 239. The molecule has 1 saturated carbocycles. The van der Waals surface area contributed by atoms with Crippen molar-refractivity contribution in [1.29, 1.82) is 0 Å². The fourth-order valence-electron chi connectivity index (χ4n) is 2.89. The Labute approximate surface area is 97.0 Å². The maximum absolute atomic E-state index is 10.9. The number of nitrogens with zero attached hydrogens (tertiary/aromatic N) is 1. The lowest BCUT2D eigenvalue weighted by molar-refractivity contribution is 0.122. The van der Waals surface area contributed by atoms with Crippen LogP contribution in [0.15, 0.2) is 0 Å². The van der Waals surface area contributed by atoms with Gasteiger partial charge in [0.25, 0.3) is 0 Å². The Hall–Kier alpha value is -0.770. The Morgan fingerprint density at radius 3 is 2.44 bits per heavy atom. The van der Waals surface area contributed by atoms with Gasteiger partial charge in [-0.25, -0.2) is 4.79 Å². The molecule has 1 saturated heterocycles. The molecule has 1 aliphatic carbocycles. The molecule has 0 aromatic carbocycles. The fraction of sp³-hybridized carbons (Fsp3) is 0.917. The molecule has 0 bridgehead atoms. The number of piperidine rings is 1. The third-order valence-electron chi connectivity index (χ3n) is 3.77. The van der Waals surface area contributed by atoms with Gasteiger partial charge in [-0.3, -0.25) is 0 Å². The minimum atomic E-state index is -0.768. The summed E-state index contributed by atoms with van der Waals surface area (Å²) >= 11 is 0. The molecule has 16 heavy (non-hydrogen) atoms. The molecule has 0 spiro atoms. The minimum absolute atomic E-state index is 0.382. The summed E-state index contributed by atoms with van der Waals surface area (Å²) in [5.41, 5.74) is 0. The van der Waals surface area contributed by atoms with Gasteiger partial charge in [0.15, 0.2) is 0 Å². The van der Waals surface area contributed by atoms with E-state index in [2.05, 4.69) is 5.32 Å². The molecule has 2 N–H and O–H groups in total. The molecule has 0 aromatic rings. The molecule has 92 valence electrons. The van der Waals surface area contributed by atoms with E-state index in [1.165, 1.54) is 32.1 Å². The van der Waals surface area contributed by atoms with E-state index in [0.717, 1.165) is 12.8 Å². The standard InChI is InChI=1S/C12H22N2O2/c15-12(16)14-8-4-7-11(9-14)13-10-5-2-1-3-6-10/h10-11,13H,1-9H2,(H,15,16)/t11-/m1/s1. The van der Waals surface area contributed by atoms with E-state index in [-0.39, 0.29) is 0 Å². The van der Waals surface area contributed by atoms with Crippen LogP contribution in [-0.2, 0) is 0 Å². The van der Waals surface area contributed by atoms with Crippen molar-refractivity contribution in [2.45, 2.75) is 57.0 Å². The van der Waals surface area contributed by atoms with Gasteiger partial charge >= 0.3 is 6.09 Å². The van der Waals surface area contributed by atoms with E-state index in [9.17, 15) is 4.79 Å². The zero-order chi connectivity index (χ0) is 11.4. The summed E-state index contributed by atoms with van der Waals surface area (Å²) in [6, 6.07) is 1.01. The molecule has 2 fully saturated rings. The van der Waals surface area contributed by atoms with Gasteiger partial charge in [0.1, 0.15) is 0 Å². The topological polar surface area (TPSA) is 52.6 Å². The first kappa shape index (κ1) is 11.7. The summed E-state index contributed by atoms with van der Waals surface area (Å²) in [6.07, 6.45) is 7.91. The van der Waals surface area contributed by atoms with Crippen LogP contribution in [0.25, 0.3) is 0 Å². The number of rotatable bonds is 2. The monoisotopic (exact) mass is 226 g/mol. The smallest absolute Gasteiger partial charge is 0.407 e. The summed E-state index contributed by atoms with van der Waals surface area (Å²) in [5, 5.41) is 12.6. The van der Waals surface area contributed by atoms with Gasteiger partial charge in [-0.05, 0) is 25.7 Å². The summed E-state index contributed by atoms with van der Waals surface area (Å²) in [6.45, 7) is 1.38. The molecular weight excluding hydrogens is 204 g/mol. The normalized spacial score (nSPS) is 28.0. The molecule has 1 heterocycles. The maximum Gasteiger partial charge on any atom is 0.407 e. The van der Waals surface area contributed by atoms with Gasteiger partial charge in [0, 0.05) is 25.2 Å². The number of amides is 1. The van der Waals surface area contributed by atoms with Crippen molar-refractivity contribution in [3.63, 3.8) is 0 Å². The summed E-state index contributed by atoms with van der Waals surface area (Å²) in [7, 11) is 0. The van der Waals surface area contributed by atoms with Crippen molar-refractivity contribution in [3.05, 3.63) is 0 Å². The third-order valence-corrected chi connectivity index (χ3v) is 3.77. The van der Waals surface area contributed by atoms with E-state index >= 15 is 0 Å². The molecule has 0 radical (unpaired) electrons. The molecule has 4 heteroatoms. The second kappa shape index (κ2) is 5.53. The first-order valence-corrected chi connectivity index (χ1v) is 6.49. The zero-order valence-corrected chi connectivity index (χ0v) is 9.82. The third kappa shape index (κ3) is 3.11. The first-order valence-electron chi connectivity index (χ1n) is 6.49. The number of hydrogen-bond donors (Lipinski definition) is 2. The highest BCUT2D eigenvalue weighted by atomic mass is 16.4. The van der Waals surface area contributed by atoms with Gasteiger partial charge in [-0.2, -0.15) is 0 Å². The van der Waals surface area contributed by atoms with Gasteiger partial charge in [-0.15, -0.1) is 0 Å². The van der Waals surface area contributed by atoms with Crippen LogP contribution in [0.3, 0.4) is 0 Å². The second-order valence-electron chi connectivity index (χ2n) is 5.07. The molecule has 0 aromatic heterocycles. The largest absolute Gasteiger partial charge is 0.465 e. The van der Waals surface area contributed by atoms with Crippen molar-refractivity contribution in [3.8, 4) is 0 Å². The SMILES string of the molecule is O=C(O)N1CCC[C@@H](NC2CCCCC2)C1. The number of likely N-dealkylation sites (tertiary alicyclic amines) is 1. The lowest BCUT2D eigenvalue weighted by Crippen LogP contribution is -2.50. The molecule has 2 rings (SSSR count). The number of nitrogens with one attached hydrogen (secondary N) is 1. The predicted molar refractivity (Wildman–Crippen MR) is 62.6 cm³/mol. The number of hydrogen-bond acceptors (Lipinski definition) is 2. The van der Waals surface area contributed by atoms with Gasteiger partial charge < -0.3 is 15.3 Å². The predicted octanol–water partition coefficient (Wildman–Crippen LogP) is 2.05. The Morgan fingerprint density at radius 1 is 1.06 bits per heavy atom. The Balaban J connectivity index is 1.78. The van der Waals surface area contributed by atoms with Crippen molar-refractivity contribution >= 4 is 6.09 Å². The van der Waals surface area contributed by atoms with Crippen LogP contribution < -0.4 is 5.32 Å². The van der Waals surface area contributed by atoms with Crippen LogP contribution >= 0.6 is 0 Å². The average molecular weight is 226 g/mol. The van der Waals surface area contributed by atoms with E-state index < -0.39 is 6.09 Å². The molecule has 1 atom stereocenters. The van der Waals surface area contributed by atoms with Crippen molar-refractivity contribution in [2.75, 3.05) is 13.1 Å². The van der Waals surface area contributed by atoms with Crippen LogP contribution in [0.5, 0.6) is 0 Å². The highest BCUT2D eigenvalue weighted by Gasteiger charge is 2.25. The van der Waals surface area contributed by atoms with E-state index in [4.69, 9.17) is 5.11 Å². The molecule has 1 amide bonds. The van der Waals surface area contributed by atoms with E-state index in [1.807, 2.05) is 0 Å².